The lowest BCUT2D eigenvalue weighted by Gasteiger charge is -2.30. The Balaban J connectivity index is 1.58. The molecule has 0 saturated heterocycles. The molecule has 156 valence electrons. The van der Waals surface area contributed by atoms with Gasteiger partial charge in [0.05, 0.1) is 11.1 Å². The summed E-state index contributed by atoms with van der Waals surface area (Å²) < 4.78 is 14.5. The summed E-state index contributed by atoms with van der Waals surface area (Å²) in [7, 11) is 0. The second kappa shape index (κ2) is 6.66. The third kappa shape index (κ3) is 2.30. The highest BCUT2D eigenvalue weighted by atomic mass is 19.1. The van der Waals surface area contributed by atoms with Crippen LogP contribution in [0, 0.1) is 5.82 Å². The summed E-state index contributed by atoms with van der Waals surface area (Å²) in [6.07, 6.45) is 0. The highest BCUT2D eigenvalue weighted by Gasteiger charge is 2.51. The molecule has 0 unspecified atom stereocenters. The smallest absolute Gasteiger partial charge is 0.146 e. The predicted octanol–water partition coefficient (Wildman–Crippen LogP) is 7.91. The molecule has 7 rings (SSSR count). The maximum absolute atomic E-state index is 14.5. The van der Waals surface area contributed by atoms with E-state index in [1.165, 1.54) is 45.0 Å². The van der Waals surface area contributed by atoms with Gasteiger partial charge in [-0.3, -0.25) is 0 Å². The quantitative estimate of drug-likeness (QED) is 0.297. The Morgan fingerprint density at radius 2 is 0.939 bits per heavy atom. The van der Waals surface area contributed by atoms with Crippen molar-refractivity contribution in [3.05, 3.63) is 143 Å². The Hall–Kier alpha value is -4.17. The Bertz CT molecular complexity index is 1520. The van der Waals surface area contributed by atoms with Crippen LogP contribution in [0.15, 0.2) is 115 Å². The largest absolute Gasteiger partial charge is 0.353 e. The lowest BCUT2D eigenvalue weighted by Crippen LogP contribution is -2.25. The van der Waals surface area contributed by atoms with Crippen LogP contribution in [0.25, 0.3) is 22.3 Å². The molecule has 0 saturated carbocycles. The Morgan fingerprint density at radius 1 is 0.455 bits per heavy atom. The molecule has 5 aromatic carbocycles. The molecule has 0 aromatic heterocycles. The fourth-order valence-electron chi connectivity index (χ4n) is 5.96. The van der Waals surface area contributed by atoms with Crippen LogP contribution in [0.2, 0.25) is 0 Å². The molecule has 0 radical (unpaired) electrons. The molecule has 0 heterocycles. The van der Waals surface area contributed by atoms with Crippen molar-refractivity contribution < 1.29 is 4.39 Å². The molecule has 2 aliphatic rings. The second-order valence-electron chi connectivity index (χ2n) is 8.72. The molecule has 2 aliphatic carbocycles. The van der Waals surface area contributed by atoms with Crippen molar-refractivity contribution in [2.45, 2.75) is 5.41 Å². The van der Waals surface area contributed by atoms with Crippen molar-refractivity contribution in [2.75, 3.05) is 5.32 Å². The van der Waals surface area contributed by atoms with E-state index in [0.29, 0.717) is 5.69 Å². The van der Waals surface area contributed by atoms with Crippen molar-refractivity contribution in [3.63, 3.8) is 0 Å². The topological polar surface area (TPSA) is 12.0 Å². The molecule has 33 heavy (non-hydrogen) atoms. The number of para-hydroxylation sites is 1. The van der Waals surface area contributed by atoms with Gasteiger partial charge in [-0.05, 0) is 57.1 Å². The van der Waals surface area contributed by atoms with Gasteiger partial charge >= 0.3 is 0 Å². The van der Waals surface area contributed by atoms with Crippen molar-refractivity contribution >= 4 is 11.4 Å². The Kier molecular flexibility index (Phi) is 3.72. The van der Waals surface area contributed by atoms with E-state index in [1.54, 1.807) is 12.1 Å². The third-order valence-electron chi connectivity index (χ3n) is 7.16. The van der Waals surface area contributed by atoms with Gasteiger partial charge in [0.1, 0.15) is 5.82 Å². The van der Waals surface area contributed by atoms with Crippen LogP contribution in [-0.4, -0.2) is 0 Å². The lowest BCUT2D eigenvalue weighted by atomic mass is 9.70. The van der Waals surface area contributed by atoms with Crippen LogP contribution >= 0.6 is 0 Å². The van der Waals surface area contributed by atoms with E-state index in [-0.39, 0.29) is 11.2 Å². The van der Waals surface area contributed by atoms with E-state index in [4.69, 9.17) is 0 Å². The maximum Gasteiger partial charge on any atom is 0.146 e. The summed E-state index contributed by atoms with van der Waals surface area (Å²) in [6.45, 7) is 0. The molecule has 0 amide bonds. The molecular formula is C31H20FN. The molecule has 1 spiro atoms. The molecule has 0 fully saturated rings. The minimum Gasteiger partial charge on any atom is -0.353 e. The zero-order valence-electron chi connectivity index (χ0n) is 17.8. The van der Waals surface area contributed by atoms with Gasteiger partial charge in [0.25, 0.3) is 0 Å². The first-order valence-corrected chi connectivity index (χ1v) is 11.2. The van der Waals surface area contributed by atoms with Gasteiger partial charge in [-0.15, -0.1) is 0 Å². The van der Waals surface area contributed by atoms with Gasteiger partial charge in [-0.1, -0.05) is 97.1 Å². The number of anilines is 2. The number of fused-ring (bicyclic) bond motifs is 10. The Morgan fingerprint density at radius 3 is 1.61 bits per heavy atom. The summed E-state index contributed by atoms with van der Waals surface area (Å²) in [6, 6.07) is 39.4. The van der Waals surface area contributed by atoms with Gasteiger partial charge in [0.15, 0.2) is 0 Å². The molecule has 1 nitrogen and oxygen atoms in total. The van der Waals surface area contributed by atoms with Crippen molar-refractivity contribution in [1.82, 2.24) is 0 Å². The predicted molar refractivity (Wildman–Crippen MR) is 132 cm³/mol. The monoisotopic (exact) mass is 425 g/mol. The van der Waals surface area contributed by atoms with Crippen LogP contribution in [0.3, 0.4) is 0 Å². The van der Waals surface area contributed by atoms with Gasteiger partial charge in [0, 0.05) is 11.3 Å². The fraction of sp³-hybridized carbons (Fsp3) is 0.0323. The lowest BCUT2D eigenvalue weighted by molar-refractivity contribution is 0.632. The molecule has 5 aromatic rings. The number of hydrogen-bond acceptors (Lipinski definition) is 1. The minimum absolute atomic E-state index is 0.257. The summed E-state index contributed by atoms with van der Waals surface area (Å²) in [5.41, 5.74) is 11.0. The SMILES string of the molecule is Fc1ccccc1Nc1cccc2c1-c1ccccc1C21c2ccccc2-c2ccccc21. The van der Waals surface area contributed by atoms with Crippen molar-refractivity contribution in [1.29, 1.82) is 0 Å². The summed E-state index contributed by atoms with van der Waals surface area (Å²) in [4.78, 5) is 0. The number of benzene rings is 5. The van der Waals surface area contributed by atoms with E-state index in [1.807, 2.05) is 12.1 Å². The van der Waals surface area contributed by atoms with Crippen molar-refractivity contribution in [2.24, 2.45) is 0 Å². The molecule has 0 aliphatic heterocycles. The molecule has 0 bridgehead atoms. The van der Waals surface area contributed by atoms with Crippen LogP contribution in [0.4, 0.5) is 15.8 Å². The maximum atomic E-state index is 14.5. The first kappa shape index (κ1) is 18.4. The normalized spacial score (nSPS) is 13.8. The van der Waals surface area contributed by atoms with Gasteiger partial charge in [-0.25, -0.2) is 4.39 Å². The number of nitrogens with one attached hydrogen (secondary N) is 1. The van der Waals surface area contributed by atoms with Gasteiger partial charge in [0.2, 0.25) is 0 Å². The summed E-state index contributed by atoms with van der Waals surface area (Å²) >= 11 is 0. The second-order valence-corrected chi connectivity index (χ2v) is 8.72. The molecule has 2 heteroatoms. The van der Waals surface area contributed by atoms with Gasteiger partial charge in [-0.2, -0.15) is 0 Å². The van der Waals surface area contributed by atoms with Crippen LogP contribution in [0.1, 0.15) is 22.3 Å². The zero-order valence-corrected chi connectivity index (χ0v) is 17.8. The van der Waals surface area contributed by atoms with E-state index in [2.05, 4.69) is 90.2 Å². The minimum atomic E-state index is -0.383. The molecular weight excluding hydrogens is 405 g/mol. The number of halogens is 1. The first-order chi connectivity index (χ1) is 16.3. The van der Waals surface area contributed by atoms with Crippen LogP contribution in [0.5, 0.6) is 0 Å². The highest BCUT2D eigenvalue weighted by Crippen LogP contribution is 2.63. The highest BCUT2D eigenvalue weighted by molar-refractivity contribution is 5.99. The third-order valence-corrected chi connectivity index (χ3v) is 7.16. The van der Waals surface area contributed by atoms with Crippen LogP contribution < -0.4 is 5.32 Å². The van der Waals surface area contributed by atoms with Crippen LogP contribution in [-0.2, 0) is 5.41 Å². The Labute approximate surface area is 192 Å². The summed E-state index contributed by atoms with van der Waals surface area (Å²) in [5, 5.41) is 3.39. The molecule has 1 N–H and O–H groups in total. The molecule has 0 atom stereocenters. The van der Waals surface area contributed by atoms with Gasteiger partial charge < -0.3 is 5.32 Å². The number of hydrogen-bond donors (Lipinski definition) is 1. The van der Waals surface area contributed by atoms with E-state index >= 15 is 0 Å². The number of rotatable bonds is 2. The standard InChI is InChI=1S/C31H20FN/c32-27-17-7-8-18-28(27)33-29-19-9-16-26-30(29)22-12-3-6-15-25(22)31(26)23-13-4-1-10-20(23)21-11-2-5-14-24(21)31/h1-19,33H. The van der Waals surface area contributed by atoms with E-state index in [0.717, 1.165) is 11.3 Å². The average molecular weight is 426 g/mol. The average Bonchev–Trinajstić information content (AvgIpc) is 3.34. The van der Waals surface area contributed by atoms with E-state index in [9.17, 15) is 4.39 Å². The van der Waals surface area contributed by atoms with Crippen molar-refractivity contribution in [3.8, 4) is 22.3 Å². The first-order valence-electron chi connectivity index (χ1n) is 11.2. The van der Waals surface area contributed by atoms with E-state index < -0.39 is 0 Å². The fourth-order valence-corrected chi connectivity index (χ4v) is 5.96. The summed E-state index contributed by atoms with van der Waals surface area (Å²) in [5.74, 6) is -0.257. The zero-order chi connectivity index (χ0) is 22.0.